The standard InChI is InChI=1S/C14H28NO6P/c1-7-8-13(21-14(16)12(2)3)11-20-22(17,18)19-10-9-15(4,5)6/h13H,2,7-11H2,1,3-6H3/p+1. The highest BCUT2D eigenvalue weighted by molar-refractivity contribution is 7.47. The number of hydrogen-bond acceptors (Lipinski definition) is 5. The molecular formula is C14H29NO6P+. The van der Waals surface area contributed by atoms with Crippen LogP contribution in [0.4, 0.5) is 0 Å². The molecule has 0 rings (SSSR count). The average Bonchev–Trinajstić information content (AvgIpc) is 2.34. The summed E-state index contributed by atoms with van der Waals surface area (Å²) in [6, 6.07) is 0. The van der Waals surface area contributed by atoms with Crippen LogP contribution in [0.25, 0.3) is 0 Å². The number of phosphoric acid groups is 1. The number of rotatable bonds is 11. The van der Waals surface area contributed by atoms with Gasteiger partial charge in [-0.05, 0) is 13.3 Å². The first-order chi connectivity index (χ1) is 9.97. The van der Waals surface area contributed by atoms with Crippen molar-refractivity contribution in [3.8, 4) is 0 Å². The monoisotopic (exact) mass is 338 g/mol. The van der Waals surface area contributed by atoms with Crippen LogP contribution in [0, 0.1) is 0 Å². The van der Waals surface area contributed by atoms with E-state index in [0.29, 0.717) is 17.4 Å². The third-order valence-electron chi connectivity index (χ3n) is 2.67. The third kappa shape index (κ3) is 10.9. The number of hydrogen-bond donors (Lipinski definition) is 1. The number of likely N-dealkylation sites (N-methyl/N-ethyl adjacent to an activating group) is 1. The van der Waals surface area contributed by atoms with E-state index in [0.717, 1.165) is 6.42 Å². The van der Waals surface area contributed by atoms with Crippen LogP contribution < -0.4 is 0 Å². The van der Waals surface area contributed by atoms with E-state index >= 15 is 0 Å². The predicted molar refractivity (Wildman–Crippen MR) is 84.2 cm³/mol. The average molecular weight is 338 g/mol. The second kappa shape index (κ2) is 9.43. The number of carbonyl (C=O) groups excluding carboxylic acids is 1. The second-order valence-corrected chi connectivity index (χ2v) is 7.66. The minimum absolute atomic E-state index is 0.0985. The van der Waals surface area contributed by atoms with Gasteiger partial charge in [0.25, 0.3) is 0 Å². The first-order valence-corrected chi connectivity index (χ1v) is 8.75. The first-order valence-electron chi connectivity index (χ1n) is 7.25. The summed E-state index contributed by atoms with van der Waals surface area (Å²) in [6.07, 6.45) is 0.671. The van der Waals surface area contributed by atoms with Crippen LogP contribution in [0.2, 0.25) is 0 Å². The molecule has 7 nitrogen and oxygen atoms in total. The molecular weight excluding hydrogens is 309 g/mol. The van der Waals surface area contributed by atoms with E-state index in [-0.39, 0.29) is 18.8 Å². The molecule has 0 aliphatic rings. The Bertz CT molecular complexity index is 418. The summed E-state index contributed by atoms with van der Waals surface area (Å²) >= 11 is 0. The molecule has 0 aromatic heterocycles. The zero-order valence-corrected chi connectivity index (χ0v) is 15.1. The molecule has 22 heavy (non-hydrogen) atoms. The van der Waals surface area contributed by atoms with Gasteiger partial charge in [0, 0.05) is 5.57 Å². The number of nitrogens with zero attached hydrogens (tertiary/aromatic N) is 1. The van der Waals surface area contributed by atoms with Gasteiger partial charge >= 0.3 is 13.8 Å². The van der Waals surface area contributed by atoms with Gasteiger partial charge in [0.15, 0.2) is 0 Å². The number of carbonyl (C=O) groups is 1. The topological polar surface area (TPSA) is 82.1 Å². The first kappa shape index (κ1) is 21.3. The Morgan fingerprint density at radius 1 is 1.32 bits per heavy atom. The summed E-state index contributed by atoms with van der Waals surface area (Å²) in [4.78, 5) is 21.1. The van der Waals surface area contributed by atoms with Gasteiger partial charge in [-0.15, -0.1) is 0 Å². The van der Waals surface area contributed by atoms with E-state index < -0.39 is 19.9 Å². The molecule has 0 spiro atoms. The minimum atomic E-state index is -4.15. The smallest absolute Gasteiger partial charge is 0.457 e. The van der Waals surface area contributed by atoms with Crippen LogP contribution in [-0.2, 0) is 23.1 Å². The summed E-state index contributed by atoms with van der Waals surface area (Å²) in [5.74, 6) is -0.541. The highest BCUT2D eigenvalue weighted by Crippen LogP contribution is 2.43. The Labute approximate surface area is 133 Å². The maximum absolute atomic E-state index is 11.8. The van der Waals surface area contributed by atoms with Crippen LogP contribution in [0.3, 0.4) is 0 Å². The van der Waals surface area contributed by atoms with Crippen LogP contribution in [0.15, 0.2) is 12.2 Å². The van der Waals surface area contributed by atoms with Crippen molar-refractivity contribution in [2.45, 2.75) is 32.8 Å². The van der Waals surface area contributed by atoms with E-state index in [2.05, 4.69) is 6.58 Å². The van der Waals surface area contributed by atoms with Gasteiger partial charge in [0.2, 0.25) is 0 Å². The van der Waals surface area contributed by atoms with Crippen molar-refractivity contribution in [2.75, 3.05) is 40.9 Å². The van der Waals surface area contributed by atoms with Crippen molar-refractivity contribution >= 4 is 13.8 Å². The minimum Gasteiger partial charge on any atom is -0.457 e. The SMILES string of the molecule is C=C(C)C(=O)OC(CCC)COP(=O)(O)OCC[N+](C)(C)C. The summed E-state index contributed by atoms with van der Waals surface area (Å²) in [5.41, 5.74) is 0.271. The molecule has 0 radical (unpaired) electrons. The van der Waals surface area contributed by atoms with Gasteiger partial charge in [-0.1, -0.05) is 19.9 Å². The fourth-order valence-electron chi connectivity index (χ4n) is 1.39. The van der Waals surface area contributed by atoms with Gasteiger partial charge in [-0.3, -0.25) is 9.05 Å². The lowest BCUT2D eigenvalue weighted by molar-refractivity contribution is -0.870. The van der Waals surface area contributed by atoms with Crippen molar-refractivity contribution in [1.29, 1.82) is 0 Å². The summed E-state index contributed by atoms with van der Waals surface area (Å²) in [7, 11) is 1.69. The van der Waals surface area contributed by atoms with E-state index in [4.69, 9.17) is 13.8 Å². The van der Waals surface area contributed by atoms with Crippen molar-refractivity contribution in [3.63, 3.8) is 0 Å². The molecule has 2 atom stereocenters. The number of quaternary nitrogens is 1. The lowest BCUT2D eigenvalue weighted by atomic mass is 10.2. The molecule has 8 heteroatoms. The Kier molecular flexibility index (Phi) is 9.12. The normalized spacial score (nSPS) is 15.9. The van der Waals surface area contributed by atoms with Gasteiger partial charge in [0.1, 0.15) is 19.3 Å². The van der Waals surface area contributed by atoms with Gasteiger partial charge in [-0.2, -0.15) is 0 Å². The highest BCUT2D eigenvalue weighted by Gasteiger charge is 2.25. The van der Waals surface area contributed by atoms with E-state index in [1.807, 2.05) is 28.1 Å². The fourth-order valence-corrected chi connectivity index (χ4v) is 2.14. The van der Waals surface area contributed by atoms with E-state index in [9.17, 15) is 14.3 Å². The van der Waals surface area contributed by atoms with Crippen molar-refractivity contribution in [1.82, 2.24) is 0 Å². The molecule has 1 N–H and O–H groups in total. The van der Waals surface area contributed by atoms with Crippen LogP contribution in [0.1, 0.15) is 26.7 Å². The van der Waals surface area contributed by atoms with Gasteiger partial charge in [0.05, 0.1) is 27.7 Å². The van der Waals surface area contributed by atoms with Gasteiger partial charge < -0.3 is 14.1 Å². The number of esters is 1. The summed E-state index contributed by atoms with van der Waals surface area (Å²) in [5, 5.41) is 0. The zero-order chi connectivity index (χ0) is 17.4. The molecule has 0 aliphatic heterocycles. The Morgan fingerprint density at radius 2 is 1.91 bits per heavy atom. The Hall–Kier alpha value is -0.720. The Morgan fingerprint density at radius 3 is 2.36 bits per heavy atom. The van der Waals surface area contributed by atoms with Crippen molar-refractivity contribution in [3.05, 3.63) is 12.2 Å². The maximum atomic E-state index is 11.8. The maximum Gasteiger partial charge on any atom is 0.472 e. The van der Waals surface area contributed by atoms with Crippen LogP contribution in [0.5, 0.6) is 0 Å². The number of phosphoric ester groups is 1. The number of ether oxygens (including phenoxy) is 1. The third-order valence-corrected chi connectivity index (χ3v) is 3.66. The highest BCUT2D eigenvalue weighted by atomic mass is 31.2. The predicted octanol–water partition coefficient (Wildman–Crippen LogP) is 2.11. The molecule has 0 heterocycles. The molecule has 130 valence electrons. The van der Waals surface area contributed by atoms with E-state index in [1.54, 1.807) is 0 Å². The molecule has 0 fully saturated rings. The largest absolute Gasteiger partial charge is 0.472 e. The molecule has 0 saturated heterocycles. The molecule has 0 amide bonds. The van der Waals surface area contributed by atoms with Crippen molar-refractivity contribution < 1.29 is 32.5 Å². The summed E-state index contributed by atoms with van der Waals surface area (Å²) in [6.45, 7) is 7.42. The molecule has 2 unspecified atom stereocenters. The summed E-state index contributed by atoms with van der Waals surface area (Å²) < 4.78 is 27.3. The molecule has 0 bridgehead atoms. The molecule has 0 aliphatic carbocycles. The molecule has 0 aromatic carbocycles. The lowest BCUT2D eigenvalue weighted by Crippen LogP contribution is -2.37. The Balaban J connectivity index is 4.35. The van der Waals surface area contributed by atoms with E-state index in [1.165, 1.54) is 6.92 Å². The lowest BCUT2D eigenvalue weighted by Gasteiger charge is -2.24. The van der Waals surface area contributed by atoms with Crippen LogP contribution >= 0.6 is 7.82 Å². The molecule has 0 aromatic rings. The van der Waals surface area contributed by atoms with Gasteiger partial charge in [-0.25, -0.2) is 9.36 Å². The van der Waals surface area contributed by atoms with Crippen molar-refractivity contribution in [2.24, 2.45) is 0 Å². The quantitative estimate of drug-likeness (QED) is 0.269. The fraction of sp³-hybridized carbons (Fsp3) is 0.786. The van der Waals surface area contributed by atoms with Crippen LogP contribution in [-0.4, -0.2) is 62.4 Å². The zero-order valence-electron chi connectivity index (χ0n) is 14.2. The molecule has 0 saturated carbocycles. The second-order valence-electron chi connectivity index (χ2n) is 6.21.